The summed E-state index contributed by atoms with van der Waals surface area (Å²) in [6.07, 6.45) is 2.08. The van der Waals surface area contributed by atoms with E-state index in [0.29, 0.717) is 13.0 Å². The molecule has 1 aliphatic heterocycles. The molecule has 0 bridgehead atoms. The number of Topliss-reactive ketones (excluding diaryl/α,β-unsaturated/α-hetero) is 1. The van der Waals surface area contributed by atoms with Crippen molar-refractivity contribution in [1.29, 1.82) is 0 Å². The molecule has 5 nitrogen and oxygen atoms in total. The maximum atomic E-state index is 12.0. The van der Waals surface area contributed by atoms with Gasteiger partial charge in [0.25, 0.3) is 0 Å². The lowest BCUT2D eigenvalue weighted by atomic mass is 10.0. The van der Waals surface area contributed by atoms with Crippen LogP contribution in [0.15, 0.2) is 35.6 Å². The molecule has 0 fully saturated rings. The second-order valence-electron chi connectivity index (χ2n) is 5.13. The first-order valence-electron chi connectivity index (χ1n) is 7.23. The molecule has 0 aliphatic carbocycles. The van der Waals surface area contributed by atoms with Crippen LogP contribution in [0.25, 0.3) is 0 Å². The first-order chi connectivity index (χ1) is 10.7. The monoisotopic (exact) mass is 314 g/mol. The van der Waals surface area contributed by atoms with Crippen LogP contribution < -0.4 is 5.32 Å². The Morgan fingerprint density at radius 2 is 2.23 bits per heavy atom. The minimum Gasteiger partial charge on any atom is -0.348 e. The van der Waals surface area contributed by atoms with Crippen LogP contribution in [0.5, 0.6) is 0 Å². The van der Waals surface area contributed by atoms with Gasteiger partial charge in [0.1, 0.15) is 5.84 Å². The zero-order chi connectivity index (χ0) is 15.4. The molecule has 0 unspecified atom stereocenters. The van der Waals surface area contributed by atoms with Crippen LogP contribution in [0.1, 0.15) is 28.2 Å². The van der Waals surface area contributed by atoms with Gasteiger partial charge in [-0.3, -0.25) is 9.79 Å². The van der Waals surface area contributed by atoms with Crippen molar-refractivity contribution in [1.82, 2.24) is 9.97 Å². The summed E-state index contributed by atoms with van der Waals surface area (Å²) in [5.74, 6) is 2.69. The van der Waals surface area contributed by atoms with Gasteiger partial charge in [0.15, 0.2) is 5.78 Å². The predicted octanol–water partition coefficient (Wildman–Crippen LogP) is 3.05. The molecule has 0 radical (unpaired) electrons. The van der Waals surface area contributed by atoms with Gasteiger partial charge in [-0.15, -0.1) is 0 Å². The highest BCUT2D eigenvalue weighted by Crippen LogP contribution is 2.22. The number of hydrogen-bond acceptors (Lipinski definition) is 4. The summed E-state index contributed by atoms with van der Waals surface area (Å²) < 4.78 is 0. The summed E-state index contributed by atoms with van der Waals surface area (Å²) >= 11 is 1.80. The Kier molecular flexibility index (Phi) is 4.58. The van der Waals surface area contributed by atoms with E-state index in [1.807, 2.05) is 31.2 Å². The number of fused-ring (bicyclic) bond motifs is 1. The minimum atomic E-state index is 0.132. The lowest BCUT2D eigenvalue weighted by molar-refractivity contribution is 0.0999. The number of H-pyrrole nitrogens is 1. The molecule has 0 amide bonds. The summed E-state index contributed by atoms with van der Waals surface area (Å²) in [7, 11) is 0. The van der Waals surface area contributed by atoms with E-state index >= 15 is 0 Å². The number of hydrogen-bond donors (Lipinski definition) is 2. The Bertz CT molecular complexity index is 708. The van der Waals surface area contributed by atoms with Gasteiger partial charge >= 0.3 is 0 Å². The highest BCUT2D eigenvalue weighted by Gasteiger charge is 2.20. The molecular weight excluding hydrogens is 296 g/mol. The second kappa shape index (κ2) is 6.79. The van der Waals surface area contributed by atoms with E-state index in [2.05, 4.69) is 20.3 Å². The average molecular weight is 314 g/mol. The molecular formula is C16H18N4OS. The van der Waals surface area contributed by atoms with E-state index in [1.54, 1.807) is 18.1 Å². The number of thioether (sulfide) groups is 1. The number of carbonyl (C=O) groups is 1. The second-order valence-corrected chi connectivity index (χ2v) is 6.23. The largest absolute Gasteiger partial charge is 0.348 e. The topological polar surface area (TPSA) is 70.1 Å². The van der Waals surface area contributed by atoms with Crippen LogP contribution in [-0.4, -0.2) is 33.9 Å². The van der Waals surface area contributed by atoms with E-state index in [0.717, 1.165) is 40.0 Å². The lowest BCUT2D eigenvalue weighted by Gasteiger charge is -2.18. The van der Waals surface area contributed by atoms with Crippen LogP contribution in [0, 0.1) is 6.92 Å². The normalized spacial score (nSPS) is 15.7. The summed E-state index contributed by atoms with van der Waals surface area (Å²) in [5.41, 5.74) is 3.83. The first kappa shape index (κ1) is 14.8. The number of aromatic amines is 1. The van der Waals surface area contributed by atoms with Crippen molar-refractivity contribution < 1.29 is 4.79 Å². The Balaban J connectivity index is 1.50. The number of carbonyl (C=O) groups excluding carboxylic acids is 1. The number of nitrogens with zero attached hydrogens (tertiary/aromatic N) is 2. The summed E-state index contributed by atoms with van der Waals surface area (Å²) in [6.45, 7) is 2.73. The van der Waals surface area contributed by atoms with Gasteiger partial charge < -0.3 is 10.3 Å². The first-order valence-corrected chi connectivity index (χ1v) is 8.38. The van der Waals surface area contributed by atoms with E-state index in [-0.39, 0.29) is 5.78 Å². The van der Waals surface area contributed by atoms with Crippen molar-refractivity contribution in [2.75, 3.05) is 17.6 Å². The van der Waals surface area contributed by atoms with Crippen LogP contribution in [0.4, 0.5) is 5.69 Å². The fourth-order valence-corrected chi connectivity index (χ4v) is 3.17. The van der Waals surface area contributed by atoms with Gasteiger partial charge in [-0.25, -0.2) is 4.98 Å². The van der Waals surface area contributed by atoms with E-state index in [4.69, 9.17) is 0 Å². The predicted molar refractivity (Wildman–Crippen MR) is 90.8 cm³/mol. The molecule has 1 aromatic carbocycles. The van der Waals surface area contributed by atoms with Gasteiger partial charge in [0.05, 0.1) is 30.7 Å². The Morgan fingerprint density at radius 3 is 3.05 bits per heavy atom. The van der Waals surface area contributed by atoms with Crippen molar-refractivity contribution in [2.24, 2.45) is 4.99 Å². The molecule has 0 saturated carbocycles. The number of ketones is 1. The molecule has 3 rings (SSSR count). The molecule has 114 valence electrons. The van der Waals surface area contributed by atoms with Crippen molar-refractivity contribution in [2.45, 2.75) is 19.1 Å². The fourth-order valence-electron chi connectivity index (χ4n) is 2.32. The molecule has 0 saturated heterocycles. The molecule has 2 heterocycles. The summed E-state index contributed by atoms with van der Waals surface area (Å²) in [4.78, 5) is 23.9. The molecule has 22 heavy (non-hydrogen) atoms. The van der Waals surface area contributed by atoms with Gasteiger partial charge in [0, 0.05) is 22.8 Å². The van der Waals surface area contributed by atoms with Crippen LogP contribution in [0.3, 0.4) is 0 Å². The molecule has 0 spiro atoms. The lowest BCUT2D eigenvalue weighted by Crippen LogP contribution is -2.24. The third kappa shape index (κ3) is 3.39. The van der Waals surface area contributed by atoms with E-state index < -0.39 is 0 Å². The highest BCUT2D eigenvalue weighted by molar-refractivity contribution is 7.98. The number of para-hydroxylation sites is 1. The minimum absolute atomic E-state index is 0.132. The zero-order valence-electron chi connectivity index (χ0n) is 12.4. The van der Waals surface area contributed by atoms with Crippen molar-refractivity contribution in [3.8, 4) is 0 Å². The number of aryl methyl sites for hydroxylation is 1. The molecule has 1 aliphatic rings. The van der Waals surface area contributed by atoms with Crippen molar-refractivity contribution >= 4 is 29.1 Å². The SMILES string of the molecule is Cc1[nH]cnc1CSCCN=C1CC(=O)c2ccccc2N1. The quantitative estimate of drug-likeness (QED) is 0.832. The zero-order valence-corrected chi connectivity index (χ0v) is 13.2. The number of benzene rings is 1. The molecule has 0 atom stereocenters. The van der Waals surface area contributed by atoms with Gasteiger partial charge in [-0.05, 0) is 19.1 Å². The van der Waals surface area contributed by atoms with Crippen molar-refractivity contribution in [3.63, 3.8) is 0 Å². The summed E-state index contributed by atoms with van der Waals surface area (Å²) in [5, 5.41) is 3.24. The maximum Gasteiger partial charge on any atom is 0.172 e. The number of aromatic nitrogens is 2. The number of nitrogens with one attached hydrogen (secondary N) is 2. The number of amidine groups is 1. The van der Waals surface area contributed by atoms with Gasteiger partial charge in [-0.2, -0.15) is 11.8 Å². The van der Waals surface area contributed by atoms with Crippen LogP contribution in [0.2, 0.25) is 0 Å². The van der Waals surface area contributed by atoms with Crippen LogP contribution >= 0.6 is 11.8 Å². The fraction of sp³-hybridized carbons (Fsp3) is 0.312. The number of anilines is 1. The van der Waals surface area contributed by atoms with Crippen molar-refractivity contribution in [3.05, 3.63) is 47.5 Å². The number of imidazole rings is 1. The Morgan fingerprint density at radius 1 is 1.36 bits per heavy atom. The third-order valence-electron chi connectivity index (χ3n) is 3.55. The molecule has 2 N–H and O–H groups in total. The number of aliphatic imine (C=N–C) groups is 1. The average Bonchev–Trinajstić information content (AvgIpc) is 2.92. The molecule has 1 aromatic heterocycles. The van der Waals surface area contributed by atoms with Gasteiger partial charge in [-0.1, -0.05) is 12.1 Å². The van der Waals surface area contributed by atoms with E-state index in [1.165, 1.54) is 0 Å². The van der Waals surface area contributed by atoms with Gasteiger partial charge in [0.2, 0.25) is 0 Å². The molecule has 2 aromatic rings. The van der Waals surface area contributed by atoms with E-state index in [9.17, 15) is 4.79 Å². The Hall–Kier alpha value is -2.08. The number of rotatable bonds is 5. The Labute approximate surface area is 133 Å². The summed E-state index contributed by atoms with van der Waals surface area (Å²) in [6, 6.07) is 7.57. The third-order valence-corrected chi connectivity index (χ3v) is 4.49. The maximum absolute atomic E-state index is 12.0. The smallest absolute Gasteiger partial charge is 0.172 e. The molecule has 6 heteroatoms. The standard InChI is InChI=1S/C16H18N4OS/c1-11-14(19-10-18-11)9-22-7-6-17-16-8-15(21)12-4-2-3-5-13(12)20-16/h2-5,10H,6-9H2,1H3,(H,17,20)(H,18,19). The highest BCUT2D eigenvalue weighted by atomic mass is 32.2. The van der Waals surface area contributed by atoms with Crippen LogP contribution in [-0.2, 0) is 5.75 Å².